The molecule has 0 radical (unpaired) electrons. The van der Waals surface area contributed by atoms with Crippen molar-refractivity contribution in [3.63, 3.8) is 0 Å². The maximum absolute atomic E-state index is 12.8. The molecule has 0 aromatic carbocycles. The van der Waals surface area contributed by atoms with Gasteiger partial charge in [-0.25, -0.2) is 0 Å². The Labute approximate surface area is 130 Å². The highest BCUT2D eigenvalue weighted by atomic mass is 16.6. The summed E-state index contributed by atoms with van der Waals surface area (Å²) in [6.07, 6.45) is 3.39. The van der Waals surface area contributed by atoms with Gasteiger partial charge in [-0.3, -0.25) is 9.59 Å². The zero-order valence-electron chi connectivity index (χ0n) is 13.4. The van der Waals surface area contributed by atoms with E-state index in [0.29, 0.717) is 0 Å². The van der Waals surface area contributed by atoms with E-state index in [1.807, 2.05) is 0 Å². The van der Waals surface area contributed by atoms with Crippen LogP contribution in [0.5, 0.6) is 0 Å². The quantitative estimate of drug-likeness (QED) is 0.728. The third-order valence-electron chi connectivity index (χ3n) is 7.14. The number of carbonyl (C=O) groups excluding carboxylic acids is 2. The molecule has 5 rings (SSSR count). The molecular weight excluding hydrogens is 284 g/mol. The van der Waals surface area contributed by atoms with Crippen molar-refractivity contribution in [2.45, 2.75) is 44.8 Å². The summed E-state index contributed by atoms with van der Waals surface area (Å²) < 4.78 is 16.5. The van der Waals surface area contributed by atoms with Crippen molar-refractivity contribution in [2.24, 2.45) is 35.0 Å². The first-order chi connectivity index (χ1) is 10.6. The number of methoxy groups -OCH3 is 2. The first kappa shape index (κ1) is 14.5. The van der Waals surface area contributed by atoms with Gasteiger partial charge >= 0.3 is 11.9 Å². The topological polar surface area (TPSA) is 61.8 Å². The standard InChI is InChI=1S/C17H24O5/c1-8-13(20-2)14-11-7-10(15(18)21-3)9-5-4-6-17(8,12(9)11)16(19)22-14/h8-14H,4-7H2,1-3H3/t8-,9-,10-,11+,12-,13-,14-,17-/m1/s1. The van der Waals surface area contributed by atoms with E-state index in [2.05, 4.69) is 6.92 Å². The molecule has 2 bridgehead atoms. The highest BCUT2D eigenvalue weighted by Gasteiger charge is 2.73. The number of rotatable bonds is 2. The summed E-state index contributed by atoms with van der Waals surface area (Å²) in [5.41, 5.74) is -0.453. The average Bonchev–Trinajstić information content (AvgIpc) is 2.92. The molecule has 8 atom stereocenters. The largest absolute Gasteiger partial charge is 0.469 e. The second-order valence-corrected chi connectivity index (χ2v) is 7.51. The molecule has 22 heavy (non-hydrogen) atoms. The van der Waals surface area contributed by atoms with Crippen LogP contribution in [0.15, 0.2) is 0 Å². The Morgan fingerprint density at radius 3 is 2.77 bits per heavy atom. The van der Waals surface area contributed by atoms with Crippen LogP contribution in [0.25, 0.3) is 0 Å². The molecule has 2 saturated heterocycles. The molecule has 5 aliphatic rings. The number of hydrogen-bond acceptors (Lipinski definition) is 5. The van der Waals surface area contributed by atoms with E-state index in [4.69, 9.17) is 14.2 Å². The Morgan fingerprint density at radius 1 is 1.32 bits per heavy atom. The van der Waals surface area contributed by atoms with Crippen LogP contribution in [-0.4, -0.2) is 38.4 Å². The molecule has 3 saturated carbocycles. The summed E-state index contributed by atoms with van der Waals surface area (Å²) in [6, 6.07) is 0. The number of ether oxygens (including phenoxy) is 3. The van der Waals surface area contributed by atoms with Crippen molar-refractivity contribution in [3.05, 3.63) is 0 Å². The highest BCUT2D eigenvalue weighted by Crippen LogP contribution is 2.68. The molecule has 5 fully saturated rings. The van der Waals surface area contributed by atoms with Gasteiger partial charge in [0, 0.05) is 18.9 Å². The summed E-state index contributed by atoms with van der Waals surface area (Å²) in [5.74, 6) is 0.677. The van der Waals surface area contributed by atoms with E-state index in [0.717, 1.165) is 25.7 Å². The fourth-order valence-electron chi connectivity index (χ4n) is 6.39. The highest BCUT2D eigenvalue weighted by molar-refractivity contribution is 5.81. The fourth-order valence-corrected chi connectivity index (χ4v) is 6.39. The zero-order chi connectivity index (χ0) is 15.6. The Hall–Kier alpha value is -1.10. The molecule has 0 unspecified atom stereocenters. The monoisotopic (exact) mass is 308 g/mol. The predicted octanol–water partition coefficient (Wildman–Crippen LogP) is 1.79. The van der Waals surface area contributed by atoms with E-state index in [1.54, 1.807) is 7.11 Å². The van der Waals surface area contributed by atoms with E-state index >= 15 is 0 Å². The third kappa shape index (κ3) is 1.48. The van der Waals surface area contributed by atoms with Crippen LogP contribution in [0, 0.1) is 35.0 Å². The molecule has 2 aliphatic heterocycles. The van der Waals surface area contributed by atoms with Crippen molar-refractivity contribution >= 4 is 11.9 Å². The van der Waals surface area contributed by atoms with E-state index in [1.165, 1.54) is 7.11 Å². The summed E-state index contributed by atoms with van der Waals surface area (Å²) in [6.45, 7) is 2.13. The van der Waals surface area contributed by atoms with Crippen LogP contribution in [0.4, 0.5) is 0 Å². The first-order valence-corrected chi connectivity index (χ1v) is 8.38. The molecule has 0 aromatic heterocycles. The van der Waals surface area contributed by atoms with Crippen molar-refractivity contribution in [1.82, 2.24) is 0 Å². The van der Waals surface area contributed by atoms with Gasteiger partial charge in [0.1, 0.15) is 6.10 Å². The average molecular weight is 308 g/mol. The van der Waals surface area contributed by atoms with Crippen LogP contribution < -0.4 is 0 Å². The van der Waals surface area contributed by atoms with E-state index < -0.39 is 5.41 Å². The fraction of sp³-hybridized carbons (Fsp3) is 0.882. The van der Waals surface area contributed by atoms with Gasteiger partial charge in [0.05, 0.1) is 24.5 Å². The number of fused-ring (bicyclic) bond motifs is 2. The first-order valence-electron chi connectivity index (χ1n) is 8.38. The lowest BCUT2D eigenvalue weighted by Crippen LogP contribution is -2.69. The van der Waals surface area contributed by atoms with Crippen LogP contribution >= 0.6 is 0 Å². The Kier molecular flexibility index (Phi) is 3.09. The van der Waals surface area contributed by atoms with E-state index in [9.17, 15) is 9.59 Å². The van der Waals surface area contributed by atoms with Crippen molar-refractivity contribution in [2.75, 3.05) is 14.2 Å². The smallest absolute Gasteiger partial charge is 0.313 e. The summed E-state index contributed by atoms with van der Waals surface area (Å²) in [7, 11) is 3.16. The minimum atomic E-state index is -0.453. The number of carbonyl (C=O) groups is 2. The van der Waals surface area contributed by atoms with Gasteiger partial charge in [0.2, 0.25) is 0 Å². The second kappa shape index (κ2) is 4.70. The van der Waals surface area contributed by atoms with Crippen LogP contribution in [0.1, 0.15) is 32.6 Å². The SMILES string of the molecule is COC(=O)[C@@H]1C[C@@H]2[C@H]3OC(=O)[C@]4(CCC[C@H]1[C@H]24)[C@H](C)[C@H]3OC. The van der Waals surface area contributed by atoms with Crippen molar-refractivity contribution in [3.8, 4) is 0 Å². The van der Waals surface area contributed by atoms with Gasteiger partial charge in [0.15, 0.2) is 0 Å². The summed E-state index contributed by atoms with van der Waals surface area (Å²) in [4.78, 5) is 25.0. The number of hydrogen-bond donors (Lipinski definition) is 0. The minimum Gasteiger partial charge on any atom is -0.469 e. The molecule has 5 nitrogen and oxygen atoms in total. The molecule has 5 heteroatoms. The summed E-state index contributed by atoms with van der Waals surface area (Å²) >= 11 is 0. The maximum Gasteiger partial charge on any atom is 0.313 e. The van der Waals surface area contributed by atoms with Crippen LogP contribution in [-0.2, 0) is 23.8 Å². The van der Waals surface area contributed by atoms with Crippen molar-refractivity contribution in [1.29, 1.82) is 0 Å². The molecule has 3 aliphatic carbocycles. The minimum absolute atomic E-state index is 0.0465. The molecule has 0 amide bonds. The molecule has 0 aromatic rings. The van der Waals surface area contributed by atoms with Crippen LogP contribution in [0.2, 0.25) is 0 Å². The predicted molar refractivity (Wildman–Crippen MR) is 76.7 cm³/mol. The Bertz CT molecular complexity index is 517. The normalized spacial score (nSPS) is 52.1. The molecule has 2 heterocycles. The van der Waals surface area contributed by atoms with Crippen molar-refractivity contribution < 1.29 is 23.8 Å². The third-order valence-corrected chi connectivity index (χ3v) is 7.14. The molecule has 122 valence electrons. The van der Waals surface area contributed by atoms with Gasteiger partial charge in [-0.05, 0) is 31.1 Å². The lowest BCUT2D eigenvalue weighted by atomic mass is 9.48. The van der Waals surface area contributed by atoms with Gasteiger partial charge in [-0.15, -0.1) is 0 Å². The van der Waals surface area contributed by atoms with Crippen LogP contribution in [0.3, 0.4) is 0 Å². The second-order valence-electron chi connectivity index (χ2n) is 7.51. The van der Waals surface area contributed by atoms with E-state index in [-0.39, 0.29) is 53.7 Å². The lowest BCUT2D eigenvalue weighted by molar-refractivity contribution is -0.258. The molecular formula is C17H24O5. The molecule has 1 spiro atoms. The summed E-state index contributed by atoms with van der Waals surface area (Å²) in [5, 5.41) is 0. The number of esters is 2. The van der Waals surface area contributed by atoms with Gasteiger partial charge in [-0.1, -0.05) is 13.3 Å². The maximum atomic E-state index is 12.8. The zero-order valence-corrected chi connectivity index (χ0v) is 13.4. The van der Waals surface area contributed by atoms with Gasteiger partial charge in [-0.2, -0.15) is 0 Å². The Morgan fingerprint density at radius 2 is 2.09 bits per heavy atom. The Balaban J connectivity index is 1.80. The van der Waals surface area contributed by atoms with Gasteiger partial charge < -0.3 is 14.2 Å². The molecule has 0 N–H and O–H groups in total. The lowest BCUT2D eigenvalue weighted by Gasteiger charge is -2.61. The van der Waals surface area contributed by atoms with Gasteiger partial charge in [0.25, 0.3) is 0 Å².